The number of pyridine rings is 1. The van der Waals surface area contributed by atoms with E-state index in [9.17, 15) is 4.79 Å². The minimum atomic E-state index is 0.0158. The van der Waals surface area contributed by atoms with Crippen molar-refractivity contribution in [3.05, 3.63) is 23.5 Å². The summed E-state index contributed by atoms with van der Waals surface area (Å²) in [7, 11) is 0. The maximum absolute atomic E-state index is 11.9. The van der Waals surface area contributed by atoms with Crippen molar-refractivity contribution < 1.29 is 4.79 Å². The van der Waals surface area contributed by atoms with Gasteiger partial charge in [-0.15, -0.1) is 0 Å². The number of hydrogen-bond acceptors (Lipinski definition) is 3. The number of hydrogen-bond donors (Lipinski definition) is 2. The Hall–Kier alpha value is -1.13. The third-order valence-corrected chi connectivity index (χ3v) is 2.99. The minimum Gasteiger partial charge on any atom is -0.323 e. The molecule has 1 amide bonds. The lowest BCUT2D eigenvalue weighted by Crippen LogP contribution is -2.37. The molecule has 0 spiro atoms. The lowest BCUT2D eigenvalue weighted by molar-refractivity contribution is -0.120. The summed E-state index contributed by atoms with van der Waals surface area (Å²) in [5.41, 5.74) is 0.583. The summed E-state index contributed by atoms with van der Waals surface area (Å²) in [5.74, 6) is 0.0483. The molecule has 2 heterocycles. The zero-order valence-electron chi connectivity index (χ0n) is 8.87. The Balaban J connectivity index is 1.99. The molecule has 1 aromatic heterocycles. The van der Waals surface area contributed by atoms with Crippen LogP contribution in [0.2, 0.25) is 5.15 Å². The van der Waals surface area contributed by atoms with Crippen molar-refractivity contribution >= 4 is 23.2 Å². The maximum atomic E-state index is 11.9. The highest BCUT2D eigenvalue weighted by Crippen LogP contribution is 2.19. The molecule has 4 nitrogen and oxygen atoms in total. The molecule has 1 atom stereocenters. The number of nitrogens with zero attached hydrogens (tertiary/aromatic N) is 1. The largest absolute Gasteiger partial charge is 0.323 e. The van der Waals surface area contributed by atoms with Crippen LogP contribution < -0.4 is 10.6 Å². The number of piperidine rings is 1. The molecule has 0 aromatic carbocycles. The number of rotatable bonds is 2. The summed E-state index contributed by atoms with van der Waals surface area (Å²) in [6.45, 7) is 1.74. The first kappa shape index (κ1) is 11.4. The Labute approximate surface area is 99.4 Å². The molecule has 1 saturated heterocycles. The highest BCUT2D eigenvalue weighted by atomic mass is 35.5. The molecule has 86 valence electrons. The number of anilines is 1. The Morgan fingerprint density at radius 1 is 1.62 bits per heavy atom. The average Bonchev–Trinajstić information content (AvgIpc) is 2.33. The Kier molecular flexibility index (Phi) is 3.74. The smallest absolute Gasteiger partial charge is 0.228 e. The van der Waals surface area contributed by atoms with Gasteiger partial charge in [-0.3, -0.25) is 4.79 Å². The second-order valence-corrected chi connectivity index (χ2v) is 4.23. The van der Waals surface area contributed by atoms with E-state index in [1.54, 1.807) is 18.3 Å². The number of halogens is 1. The second kappa shape index (κ2) is 5.27. The van der Waals surface area contributed by atoms with Crippen LogP contribution in [0.5, 0.6) is 0 Å². The normalized spacial score (nSPS) is 20.4. The van der Waals surface area contributed by atoms with E-state index in [0.717, 1.165) is 25.9 Å². The van der Waals surface area contributed by atoms with Gasteiger partial charge in [0.2, 0.25) is 5.91 Å². The lowest BCUT2D eigenvalue weighted by Gasteiger charge is -2.21. The molecule has 16 heavy (non-hydrogen) atoms. The quantitative estimate of drug-likeness (QED) is 0.772. The van der Waals surface area contributed by atoms with Gasteiger partial charge >= 0.3 is 0 Å². The molecule has 0 saturated carbocycles. The van der Waals surface area contributed by atoms with Gasteiger partial charge in [-0.2, -0.15) is 0 Å². The minimum absolute atomic E-state index is 0.0158. The van der Waals surface area contributed by atoms with E-state index in [1.165, 1.54) is 0 Å². The molecule has 0 radical (unpaired) electrons. The summed E-state index contributed by atoms with van der Waals surface area (Å²) < 4.78 is 0. The third-order valence-electron chi connectivity index (χ3n) is 2.68. The maximum Gasteiger partial charge on any atom is 0.228 e. The summed E-state index contributed by atoms with van der Waals surface area (Å²) in [5, 5.41) is 6.35. The van der Waals surface area contributed by atoms with Gasteiger partial charge in [0.05, 0.1) is 11.6 Å². The van der Waals surface area contributed by atoms with Crippen LogP contribution in [0.15, 0.2) is 18.3 Å². The molecule has 1 unspecified atom stereocenters. The van der Waals surface area contributed by atoms with Crippen molar-refractivity contribution in [2.75, 3.05) is 18.4 Å². The van der Waals surface area contributed by atoms with Crippen LogP contribution in [0.1, 0.15) is 12.8 Å². The van der Waals surface area contributed by atoms with Crippen molar-refractivity contribution in [1.82, 2.24) is 10.3 Å². The zero-order valence-corrected chi connectivity index (χ0v) is 9.63. The summed E-state index contributed by atoms with van der Waals surface area (Å²) in [6, 6.07) is 3.50. The monoisotopic (exact) mass is 239 g/mol. The molecule has 5 heteroatoms. The molecule has 1 aliphatic rings. The van der Waals surface area contributed by atoms with Crippen molar-refractivity contribution in [2.24, 2.45) is 5.92 Å². The van der Waals surface area contributed by atoms with Gasteiger partial charge in [-0.25, -0.2) is 4.98 Å². The molecule has 2 rings (SSSR count). The number of carbonyl (C=O) groups excluding carboxylic acids is 1. The first-order valence-corrected chi connectivity index (χ1v) is 5.77. The van der Waals surface area contributed by atoms with E-state index in [2.05, 4.69) is 15.6 Å². The van der Waals surface area contributed by atoms with Gasteiger partial charge in [0.1, 0.15) is 0 Å². The van der Waals surface area contributed by atoms with Crippen LogP contribution in [-0.4, -0.2) is 24.0 Å². The van der Waals surface area contributed by atoms with Crippen LogP contribution in [-0.2, 0) is 4.79 Å². The first-order valence-electron chi connectivity index (χ1n) is 5.39. The first-order chi connectivity index (χ1) is 7.77. The Morgan fingerprint density at radius 3 is 3.19 bits per heavy atom. The van der Waals surface area contributed by atoms with Crippen LogP contribution in [0.25, 0.3) is 0 Å². The fourth-order valence-electron chi connectivity index (χ4n) is 1.79. The summed E-state index contributed by atoms with van der Waals surface area (Å²) in [6.07, 6.45) is 3.57. The third kappa shape index (κ3) is 2.71. The van der Waals surface area contributed by atoms with Crippen molar-refractivity contribution in [1.29, 1.82) is 0 Å². The summed E-state index contributed by atoms with van der Waals surface area (Å²) >= 11 is 5.87. The lowest BCUT2D eigenvalue weighted by atomic mass is 9.99. The standard InChI is InChI=1S/C11H14ClN3O/c12-10-9(4-2-6-14-10)15-11(16)8-3-1-5-13-7-8/h2,4,6,8,13H,1,3,5,7H2,(H,15,16). The van der Waals surface area contributed by atoms with E-state index in [0.29, 0.717) is 10.8 Å². The zero-order chi connectivity index (χ0) is 11.4. The highest BCUT2D eigenvalue weighted by molar-refractivity contribution is 6.32. The van der Waals surface area contributed by atoms with E-state index < -0.39 is 0 Å². The van der Waals surface area contributed by atoms with Gasteiger partial charge in [0.15, 0.2) is 5.15 Å². The van der Waals surface area contributed by atoms with Crippen LogP contribution in [0, 0.1) is 5.92 Å². The highest BCUT2D eigenvalue weighted by Gasteiger charge is 2.21. The van der Waals surface area contributed by atoms with Crippen molar-refractivity contribution in [3.63, 3.8) is 0 Å². The van der Waals surface area contributed by atoms with Gasteiger partial charge < -0.3 is 10.6 Å². The molecule has 1 fully saturated rings. The van der Waals surface area contributed by atoms with Gasteiger partial charge in [0, 0.05) is 12.7 Å². The molecular weight excluding hydrogens is 226 g/mol. The number of carbonyl (C=O) groups is 1. The van der Waals surface area contributed by atoms with E-state index in [4.69, 9.17) is 11.6 Å². The van der Waals surface area contributed by atoms with Gasteiger partial charge in [-0.05, 0) is 31.5 Å². The average molecular weight is 240 g/mol. The van der Waals surface area contributed by atoms with Gasteiger partial charge in [0.25, 0.3) is 0 Å². The number of aromatic nitrogens is 1. The SMILES string of the molecule is O=C(Nc1cccnc1Cl)C1CCCNC1. The molecule has 2 N–H and O–H groups in total. The second-order valence-electron chi connectivity index (χ2n) is 3.87. The summed E-state index contributed by atoms with van der Waals surface area (Å²) in [4.78, 5) is 15.8. The Bertz CT molecular complexity index is 377. The molecular formula is C11H14ClN3O. The van der Waals surface area contributed by atoms with E-state index in [1.807, 2.05) is 0 Å². The topological polar surface area (TPSA) is 54.0 Å². The van der Waals surface area contributed by atoms with Crippen molar-refractivity contribution in [3.8, 4) is 0 Å². The van der Waals surface area contributed by atoms with E-state index in [-0.39, 0.29) is 11.8 Å². The fraction of sp³-hybridized carbons (Fsp3) is 0.455. The van der Waals surface area contributed by atoms with Crippen molar-refractivity contribution in [2.45, 2.75) is 12.8 Å². The molecule has 1 aromatic rings. The molecule has 0 bridgehead atoms. The van der Waals surface area contributed by atoms with Crippen LogP contribution in [0.3, 0.4) is 0 Å². The Morgan fingerprint density at radius 2 is 2.50 bits per heavy atom. The molecule has 1 aliphatic heterocycles. The number of nitrogens with one attached hydrogen (secondary N) is 2. The fourth-order valence-corrected chi connectivity index (χ4v) is 1.96. The van der Waals surface area contributed by atoms with Crippen LogP contribution >= 0.6 is 11.6 Å². The predicted molar refractivity (Wildman–Crippen MR) is 63.5 cm³/mol. The number of amides is 1. The van der Waals surface area contributed by atoms with Gasteiger partial charge in [-0.1, -0.05) is 11.6 Å². The predicted octanol–water partition coefficient (Wildman–Crippen LogP) is 1.67. The molecule has 0 aliphatic carbocycles. The van der Waals surface area contributed by atoms with Crippen LogP contribution in [0.4, 0.5) is 5.69 Å². The van der Waals surface area contributed by atoms with E-state index >= 15 is 0 Å².